The van der Waals surface area contributed by atoms with Crippen LogP contribution in [-0.2, 0) is 0 Å². The summed E-state index contributed by atoms with van der Waals surface area (Å²) in [4.78, 5) is 0. The van der Waals surface area contributed by atoms with Gasteiger partial charge in [-0.1, -0.05) is 11.6 Å². The number of methoxy groups -OCH3 is 2. The normalized spacial score (nSPS) is 16.9. The Kier molecular flexibility index (Phi) is 4.26. The van der Waals surface area contributed by atoms with Crippen molar-refractivity contribution in [1.29, 1.82) is 0 Å². The van der Waals surface area contributed by atoms with Gasteiger partial charge >= 0.3 is 0 Å². The van der Waals surface area contributed by atoms with E-state index >= 15 is 0 Å². The van der Waals surface area contributed by atoms with Crippen LogP contribution in [0.5, 0.6) is 11.5 Å². The van der Waals surface area contributed by atoms with Gasteiger partial charge in [0.25, 0.3) is 0 Å². The lowest BCUT2D eigenvalue weighted by Gasteiger charge is -2.22. The van der Waals surface area contributed by atoms with E-state index in [-0.39, 0.29) is 6.04 Å². The van der Waals surface area contributed by atoms with Gasteiger partial charge in [0.2, 0.25) is 0 Å². The Labute approximate surface area is 109 Å². The van der Waals surface area contributed by atoms with Gasteiger partial charge < -0.3 is 15.2 Å². The lowest BCUT2D eigenvalue weighted by atomic mass is 9.90. The molecule has 0 bridgehead atoms. The van der Waals surface area contributed by atoms with Crippen LogP contribution in [0.3, 0.4) is 0 Å². The highest BCUT2D eigenvalue weighted by Gasteiger charge is 2.18. The van der Waals surface area contributed by atoms with E-state index in [1.165, 1.54) is 18.4 Å². The van der Waals surface area contributed by atoms with Crippen molar-refractivity contribution in [3.63, 3.8) is 0 Å². The van der Waals surface area contributed by atoms with Crippen LogP contribution in [0, 0.1) is 0 Å². The minimum Gasteiger partial charge on any atom is -0.497 e. The molecule has 0 aromatic heterocycles. The first-order valence-corrected chi connectivity index (χ1v) is 6.42. The van der Waals surface area contributed by atoms with Gasteiger partial charge in [0, 0.05) is 5.56 Å². The van der Waals surface area contributed by atoms with Crippen molar-refractivity contribution in [3.8, 4) is 11.5 Å². The number of hydrogen-bond acceptors (Lipinski definition) is 3. The molecule has 18 heavy (non-hydrogen) atoms. The zero-order valence-corrected chi connectivity index (χ0v) is 11.1. The second kappa shape index (κ2) is 5.91. The number of benzene rings is 1. The van der Waals surface area contributed by atoms with Gasteiger partial charge in [0.1, 0.15) is 11.5 Å². The van der Waals surface area contributed by atoms with Gasteiger partial charge in [-0.3, -0.25) is 0 Å². The van der Waals surface area contributed by atoms with E-state index in [4.69, 9.17) is 15.2 Å². The number of ether oxygens (including phenoxy) is 2. The number of allylic oxidation sites excluding steroid dienone is 1. The second-order valence-electron chi connectivity index (χ2n) is 4.61. The SMILES string of the molecule is COc1ccc(OC)c(C(N)C2=CCCCC2)c1. The summed E-state index contributed by atoms with van der Waals surface area (Å²) in [5.74, 6) is 1.65. The maximum absolute atomic E-state index is 6.37. The Balaban J connectivity index is 2.32. The minimum atomic E-state index is -0.0876. The molecule has 0 aliphatic heterocycles. The molecule has 2 N–H and O–H groups in total. The van der Waals surface area contributed by atoms with E-state index in [1.807, 2.05) is 18.2 Å². The fourth-order valence-electron chi connectivity index (χ4n) is 2.43. The van der Waals surface area contributed by atoms with Crippen LogP contribution in [0.4, 0.5) is 0 Å². The molecule has 2 rings (SSSR count). The highest BCUT2D eigenvalue weighted by molar-refractivity contribution is 5.45. The van der Waals surface area contributed by atoms with Crippen LogP contribution >= 0.6 is 0 Å². The fourth-order valence-corrected chi connectivity index (χ4v) is 2.43. The maximum Gasteiger partial charge on any atom is 0.124 e. The monoisotopic (exact) mass is 247 g/mol. The van der Waals surface area contributed by atoms with Gasteiger partial charge in [-0.15, -0.1) is 0 Å². The Morgan fingerprint density at radius 1 is 1.17 bits per heavy atom. The standard InChI is InChI=1S/C15H21NO2/c1-17-12-8-9-14(18-2)13(10-12)15(16)11-6-4-3-5-7-11/h6,8-10,15H,3-5,7,16H2,1-2H3. The summed E-state index contributed by atoms with van der Waals surface area (Å²) in [5, 5.41) is 0. The highest BCUT2D eigenvalue weighted by atomic mass is 16.5. The molecule has 3 heteroatoms. The molecule has 3 nitrogen and oxygen atoms in total. The van der Waals surface area contributed by atoms with Crippen molar-refractivity contribution in [2.24, 2.45) is 5.73 Å². The van der Waals surface area contributed by atoms with Crippen molar-refractivity contribution >= 4 is 0 Å². The van der Waals surface area contributed by atoms with E-state index in [0.717, 1.165) is 29.9 Å². The number of hydrogen-bond donors (Lipinski definition) is 1. The molecule has 0 fully saturated rings. The Morgan fingerprint density at radius 2 is 2.00 bits per heavy atom. The third-order valence-corrected chi connectivity index (χ3v) is 3.50. The van der Waals surface area contributed by atoms with Crippen molar-refractivity contribution < 1.29 is 9.47 Å². The van der Waals surface area contributed by atoms with E-state index in [1.54, 1.807) is 14.2 Å². The lowest BCUT2D eigenvalue weighted by Crippen LogP contribution is -2.16. The van der Waals surface area contributed by atoms with E-state index in [2.05, 4.69) is 6.08 Å². The Bertz CT molecular complexity index is 440. The van der Waals surface area contributed by atoms with E-state index in [0.29, 0.717) is 0 Å². The van der Waals surface area contributed by atoms with Gasteiger partial charge in [0.15, 0.2) is 0 Å². The van der Waals surface area contributed by atoms with Crippen LogP contribution in [-0.4, -0.2) is 14.2 Å². The first-order chi connectivity index (χ1) is 8.76. The molecule has 0 amide bonds. The molecule has 1 unspecified atom stereocenters. The molecule has 98 valence electrons. The average molecular weight is 247 g/mol. The molecular formula is C15H21NO2. The zero-order valence-electron chi connectivity index (χ0n) is 11.1. The predicted octanol–water partition coefficient (Wildman–Crippen LogP) is 3.20. The summed E-state index contributed by atoms with van der Waals surface area (Å²) in [6, 6.07) is 5.69. The molecule has 0 saturated carbocycles. The molecule has 1 aromatic rings. The smallest absolute Gasteiger partial charge is 0.124 e. The molecule has 0 saturated heterocycles. The molecular weight excluding hydrogens is 226 g/mol. The summed E-state index contributed by atoms with van der Waals surface area (Å²) in [6.45, 7) is 0. The molecule has 0 spiro atoms. The Hall–Kier alpha value is -1.48. The summed E-state index contributed by atoms with van der Waals surface area (Å²) in [7, 11) is 3.34. The molecule has 0 radical (unpaired) electrons. The number of rotatable bonds is 4. The minimum absolute atomic E-state index is 0.0876. The first-order valence-electron chi connectivity index (χ1n) is 6.42. The third-order valence-electron chi connectivity index (χ3n) is 3.50. The average Bonchev–Trinajstić information content (AvgIpc) is 2.46. The zero-order chi connectivity index (χ0) is 13.0. The molecule has 1 aliphatic rings. The van der Waals surface area contributed by atoms with Crippen molar-refractivity contribution in [1.82, 2.24) is 0 Å². The van der Waals surface area contributed by atoms with Crippen LogP contribution in [0.1, 0.15) is 37.3 Å². The summed E-state index contributed by atoms with van der Waals surface area (Å²) in [6.07, 6.45) is 6.99. The van der Waals surface area contributed by atoms with Crippen LogP contribution in [0.25, 0.3) is 0 Å². The quantitative estimate of drug-likeness (QED) is 0.831. The summed E-state index contributed by atoms with van der Waals surface area (Å²) in [5.41, 5.74) is 8.68. The highest BCUT2D eigenvalue weighted by Crippen LogP contribution is 2.34. The van der Waals surface area contributed by atoms with Crippen LogP contribution in [0.15, 0.2) is 29.8 Å². The topological polar surface area (TPSA) is 44.5 Å². The fraction of sp³-hybridized carbons (Fsp3) is 0.467. The van der Waals surface area contributed by atoms with Crippen molar-refractivity contribution in [2.75, 3.05) is 14.2 Å². The molecule has 0 heterocycles. The summed E-state index contributed by atoms with van der Waals surface area (Å²) >= 11 is 0. The molecule has 1 aliphatic carbocycles. The lowest BCUT2D eigenvalue weighted by molar-refractivity contribution is 0.396. The van der Waals surface area contributed by atoms with Gasteiger partial charge in [-0.05, 0) is 43.9 Å². The third kappa shape index (κ3) is 2.67. The first kappa shape index (κ1) is 13.0. The van der Waals surface area contributed by atoms with Crippen molar-refractivity contribution in [2.45, 2.75) is 31.7 Å². The Morgan fingerprint density at radius 3 is 2.61 bits per heavy atom. The largest absolute Gasteiger partial charge is 0.497 e. The maximum atomic E-state index is 6.37. The summed E-state index contributed by atoms with van der Waals surface area (Å²) < 4.78 is 10.7. The second-order valence-corrected chi connectivity index (χ2v) is 4.61. The van der Waals surface area contributed by atoms with Gasteiger partial charge in [-0.2, -0.15) is 0 Å². The van der Waals surface area contributed by atoms with Crippen LogP contribution in [0.2, 0.25) is 0 Å². The van der Waals surface area contributed by atoms with Gasteiger partial charge in [-0.25, -0.2) is 0 Å². The van der Waals surface area contributed by atoms with E-state index in [9.17, 15) is 0 Å². The molecule has 1 atom stereocenters. The molecule has 1 aromatic carbocycles. The van der Waals surface area contributed by atoms with Gasteiger partial charge in [0.05, 0.1) is 20.3 Å². The van der Waals surface area contributed by atoms with Crippen LogP contribution < -0.4 is 15.2 Å². The number of nitrogens with two attached hydrogens (primary N) is 1. The predicted molar refractivity (Wildman–Crippen MR) is 73.0 cm³/mol. The van der Waals surface area contributed by atoms with E-state index < -0.39 is 0 Å². The van der Waals surface area contributed by atoms with Crippen molar-refractivity contribution in [3.05, 3.63) is 35.4 Å².